The van der Waals surface area contributed by atoms with E-state index >= 15 is 0 Å². The van der Waals surface area contributed by atoms with E-state index in [-0.39, 0.29) is 18.2 Å². The summed E-state index contributed by atoms with van der Waals surface area (Å²) in [6, 6.07) is 5.57. The first-order valence-electron chi connectivity index (χ1n) is 7.58. The van der Waals surface area contributed by atoms with Crippen LogP contribution in [-0.4, -0.2) is 56.4 Å². The molecular weight excluding hydrogens is 296 g/mol. The molecule has 3 rings (SSSR count). The molecule has 0 spiro atoms. The average Bonchev–Trinajstić information content (AvgIpc) is 3.02. The zero-order valence-electron chi connectivity index (χ0n) is 13.4. The largest absolute Gasteiger partial charge is 0.372 e. The maximum atomic E-state index is 12.5. The third-order valence-electron chi connectivity index (χ3n) is 3.78. The van der Waals surface area contributed by atoms with Crippen LogP contribution in [0.4, 0.5) is 10.5 Å². The summed E-state index contributed by atoms with van der Waals surface area (Å²) in [6.45, 7) is 7.06. The second-order valence-electron chi connectivity index (χ2n) is 5.85. The zero-order chi connectivity index (χ0) is 16.4. The third kappa shape index (κ3) is 3.48. The molecule has 0 bridgehead atoms. The van der Waals surface area contributed by atoms with Crippen molar-refractivity contribution in [3.8, 4) is 5.69 Å². The number of morpholine rings is 1. The fourth-order valence-electron chi connectivity index (χ4n) is 2.70. The van der Waals surface area contributed by atoms with Crippen molar-refractivity contribution < 1.29 is 9.53 Å². The number of hydrogen-bond donors (Lipinski definition) is 1. The van der Waals surface area contributed by atoms with Crippen molar-refractivity contribution in [3.05, 3.63) is 30.1 Å². The number of ether oxygens (including phenoxy) is 1. The van der Waals surface area contributed by atoms with Gasteiger partial charge in [-0.25, -0.2) is 9.48 Å². The van der Waals surface area contributed by atoms with Gasteiger partial charge in [0.05, 0.1) is 17.9 Å². The van der Waals surface area contributed by atoms with E-state index in [0.717, 1.165) is 16.9 Å². The molecule has 1 aliphatic rings. The lowest BCUT2D eigenvalue weighted by Crippen LogP contribution is -2.49. The number of carbonyl (C=O) groups excluding carboxylic acids is 1. The number of anilines is 1. The predicted molar refractivity (Wildman–Crippen MR) is 84.5 cm³/mol. The van der Waals surface area contributed by atoms with E-state index in [1.54, 1.807) is 9.58 Å². The molecule has 1 aromatic carbocycles. The lowest BCUT2D eigenvalue weighted by atomic mass is 10.2. The van der Waals surface area contributed by atoms with E-state index in [1.807, 2.05) is 39.0 Å². The molecule has 1 N–H and O–H groups in total. The summed E-state index contributed by atoms with van der Waals surface area (Å²) >= 11 is 0. The SMILES string of the molecule is Cc1ccc(-n2cnnn2)cc1NC(=O)N1C[C@@H](C)O[C@@H](C)C1. The standard InChI is InChI=1S/C15H20N6O2/c1-10-4-5-13(21-9-16-18-19-21)6-14(10)17-15(22)20-7-11(2)23-12(3)8-20/h4-6,9,11-12H,7-8H2,1-3H3,(H,17,22)/t11-,12+. The highest BCUT2D eigenvalue weighted by Crippen LogP contribution is 2.20. The van der Waals surface area contributed by atoms with E-state index in [9.17, 15) is 4.79 Å². The minimum atomic E-state index is -0.121. The minimum absolute atomic E-state index is 0.0400. The minimum Gasteiger partial charge on any atom is -0.372 e. The average molecular weight is 316 g/mol. The van der Waals surface area contributed by atoms with Gasteiger partial charge in [-0.15, -0.1) is 5.10 Å². The lowest BCUT2D eigenvalue weighted by Gasteiger charge is -2.35. The van der Waals surface area contributed by atoms with Gasteiger partial charge in [-0.05, 0) is 48.9 Å². The molecule has 1 aromatic heterocycles. The van der Waals surface area contributed by atoms with Crippen LogP contribution < -0.4 is 5.32 Å². The molecule has 23 heavy (non-hydrogen) atoms. The fraction of sp³-hybridized carbons (Fsp3) is 0.467. The number of carbonyl (C=O) groups is 1. The third-order valence-corrected chi connectivity index (χ3v) is 3.78. The number of urea groups is 1. The van der Waals surface area contributed by atoms with Crippen LogP contribution in [0.2, 0.25) is 0 Å². The van der Waals surface area contributed by atoms with Crippen molar-refractivity contribution in [2.75, 3.05) is 18.4 Å². The number of nitrogens with zero attached hydrogens (tertiary/aromatic N) is 5. The molecule has 0 unspecified atom stereocenters. The number of tetrazole rings is 1. The normalized spacial score (nSPS) is 21.3. The molecule has 8 heteroatoms. The summed E-state index contributed by atoms with van der Waals surface area (Å²) in [5.41, 5.74) is 2.51. The van der Waals surface area contributed by atoms with Crippen LogP contribution in [0.5, 0.6) is 0 Å². The van der Waals surface area contributed by atoms with Crippen LogP contribution in [-0.2, 0) is 4.74 Å². The Morgan fingerprint density at radius 1 is 1.30 bits per heavy atom. The van der Waals surface area contributed by atoms with Gasteiger partial charge >= 0.3 is 6.03 Å². The molecular formula is C15H20N6O2. The first kappa shape index (κ1) is 15.4. The van der Waals surface area contributed by atoms with Crippen molar-refractivity contribution in [2.45, 2.75) is 33.0 Å². The summed E-state index contributed by atoms with van der Waals surface area (Å²) in [7, 11) is 0. The maximum Gasteiger partial charge on any atom is 0.322 e. The Balaban J connectivity index is 1.76. The van der Waals surface area contributed by atoms with E-state index in [1.165, 1.54) is 6.33 Å². The summed E-state index contributed by atoms with van der Waals surface area (Å²) in [5.74, 6) is 0. The van der Waals surface area contributed by atoms with Crippen LogP contribution in [0.25, 0.3) is 5.69 Å². The summed E-state index contributed by atoms with van der Waals surface area (Å²) < 4.78 is 7.21. The van der Waals surface area contributed by atoms with Gasteiger partial charge in [-0.2, -0.15) is 0 Å². The van der Waals surface area contributed by atoms with Crippen LogP contribution in [0, 0.1) is 6.92 Å². The summed E-state index contributed by atoms with van der Waals surface area (Å²) in [6.07, 6.45) is 1.60. The van der Waals surface area contributed by atoms with Gasteiger partial charge < -0.3 is 15.0 Å². The molecule has 2 amide bonds. The van der Waals surface area contributed by atoms with E-state index in [4.69, 9.17) is 4.74 Å². The quantitative estimate of drug-likeness (QED) is 0.910. The van der Waals surface area contributed by atoms with E-state index < -0.39 is 0 Å². The number of aromatic nitrogens is 4. The van der Waals surface area contributed by atoms with Gasteiger partial charge in [0.25, 0.3) is 0 Å². The molecule has 1 saturated heterocycles. The Morgan fingerprint density at radius 3 is 2.70 bits per heavy atom. The molecule has 0 saturated carbocycles. The number of hydrogen-bond acceptors (Lipinski definition) is 5. The summed E-state index contributed by atoms with van der Waals surface area (Å²) in [4.78, 5) is 14.3. The Morgan fingerprint density at radius 2 is 2.04 bits per heavy atom. The molecule has 1 fully saturated rings. The number of nitrogens with one attached hydrogen (secondary N) is 1. The van der Waals surface area contributed by atoms with Gasteiger partial charge in [0, 0.05) is 18.8 Å². The van der Waals surface area contributed by atoms with Gasteiger partial charge in [0.2, 0.25) is 0 Å². The molecule has 2 aromatic rings. The van der Waals surface area contributed by atoms with Crippen LogP contribution in [0.1, 0.15) is 19.4 Å². The molecule has 8 nitrogen and oxygen atoms in total. The number of rotatable bonds is 2. The smallest absolute Gasteiger partial charge is 0.322 e. The Kier molecular flexibility index (Phi) is 4.24. The monoisotopic (exact) mass is 316 g/mol. The van der Waals surface area contributed by atoms with Crippen LogP contribution in [0.15, 0.2) is 24.5 Å². The predicted octanol–water partition coefficient (Wildman–Crippen LogP) is 1.61. The van der Waals surface area contributed by atoms with Gasteiger partial charge in [-0.3, -0.25) is 0 Å². The van der Waals surface area contributed by atoms with Crippen molar-refractivity contribution in [2.24, 2.45) is 0 Å². The van der Waals surface area contributed by atoms with Gasteiger partial charge in [0.1, 0.15) is 6.33 Å². The second-order valence-corrected chi connectivity index (χ2v) is 5.85. The van der Waals surface area contributed by atoms with E-state index in [2.05, 4.69) is 20.8 Å². The Hall–Kier alpha value is -2.48. The van der Waals surface area contributed by atoms with E-state index in [0.29, 0.717) is 13.1 Å². The fourth-order valence-corrected chi connectivity index (χ4v) is 2.70. The van der Waals surface area contributed by atoms with Gasteiger partial charge in [-0.1, -0.05) is 6.07 Å². The number of benzene rings is 1. The molecule has 122 valence electrons. The molecule has 2 heterocycles. The molecule has 2 atom stereocenters. The van der Waals surface area contributed by atoms with Gasteiger partial charge in [0.15, 0.2) is 0 Å². The lowest BCUT2D eigenvalue weighted by molar-refractivity contribution is -0.0530. The van der Waals surface area contributed by atoms with Crippen LogP contribution in [0.3, 0.4) is 0 Å². The van der Waals surface area contributed by atoms with Crippen molar-refractivity contribution in [1.82, 2.24) is 25.1 Å². The van der Waals surface area contributed by atoms with Crippen molar-refractivity contribution in [3.63, 3.8) is 0 Å². The zero-order valence-corrected chi connectivity index (χ0v) is 13.4. The maximum absolute atomic E-state index is 12.5. The molecule has 1 aliphatic heterocycles. The highest BCUT2D eigenvalue weighted by Gasteiger charge is 2.26. The highest BCUT2D eigenvalue weighted by molar-refractivity contribution is 5.90. The second kappa shape index (κ2) is 6.33. The first-order valence-corrected chi connectivity index (χ1v) is 7.58. The topological polar surface area (TPSA) is 85.2 Å². The number of amides is 2. The highest BCUT2D eigenvalue weighted by atomic mass is 16.5. The Bertz CT molecular complexity index is 677. The molecule has 0 radical (unpaired) electrons. The Labute approximate surface area is 134 Å². The molecule has 0 aliphatic carbocycles. The van der Waals surface area contributed by atoms with Crippen LogP contribution >= 0.6 is 0 Å². The van der Waals surface area contributed by atoms with Crippen molar-refractivity contribution in [1.29, 1.82) is 0 Å². The summed E-state index contributed by atoms with van der Waals surface area (Å²) in [5, 5.41) is 14.1. The van der Waals surface area contributed by atoms with Crippen molar-refractivity contribution >= 4 is 11.7 Å². The first-order chi connectivity index (χ1) is 11.0. The number of aryl methyl sites for hydroxylation is 1.